The quantitative estimate of drug-likeness (QED) is 0.188. The molecule has 0 aromatic carbocycles. The number of carbonyl (C=O) groups excluding carboxylic acids is 2. The molecule has 2 aliphatic heterocycles. The van der Waals surface area contributed by atoms with Gasteiger partial charge < -0.3 is 15.2 Å². The molecule has 0 bridgehead atoms. The Bertz CT molecular complexity index is 1230. The number of rotatable bonds is 10. The molecule has 2 N–H and O–H groups in total. The number of nitrogens with zero attached hydrogens (tertiary/aromatic N) is 6. The number of nitrogens with one attached hydrogen (secondary N) is 1. The number of nitro groups is 1. The summed E-state index contributed by atoms with van der Waals surface area (Å²) in [6, 6.07) is -0.858. The summed E-state index contributed by atoms with van der Waals surface area (Å²) in [6.45, 7) is 1.86. The first-order valence-corrected chi connectivity index (χ1v) is 12.9. The average molecular weight is 542 g/mol. The summed E-state index contributed by atoms with van der Waals surface area (Å²) in [5, 5.41) is 35.5. The van der Waals surface area contributed by atoms with Crippen LogP contribution in [0.15, 0.2) is 21.8 Å². The zero-order valence-electron chi connectivity index (χ0n) is 18.4. The van der Waals surface area contributed by atoms with Gasteiger partial charge in [-0.25, -0.2) is 4.79 Å². The lowest BCUT2D eigenvalue weighted by atomic mass is 10.0. The van der Waals surface area contributed by atoms with Crippen molar-refractivity contribution in [1.29, 1.82) is 0 Å². The number of fused-ring (bicyclic) bond motifs is 1. The molecular weight excluding hydrogens is 522 g/mol. The summed E-state index contributed by atoms with van der Waals surface area (Å²) in [4.78, 5) is 48.7. The summed E-state index contributed by atoms with van der Waals surface area (Å²) in [5.74, 6) is -1.58. The molecule has 2 aromatic rings. The molecule has 1 saturated heterocycles. The number of methoxy groups -OCH3 is 1. The molecular formula is C18H19N7O7S3. The van der Waals surface area contributed by atoms with Crippen LogP contribution < -0.4 is 10.1 Å². The fourth-order valence-corrected chi connectivity index (χ4v) is 6.82. The Labute approximate surface area is 210 Å². The van der Waals surface area contributed by atoms with Gasteiger partial charge >= 0.3 is 17.5 Å². The standard InChI is InChI=1S/C18H19N7O7S3/c1-8-20-21-18(35-8)34-7-9-6-33-16-12(15(27)24(16)13(9)17(28)29)19-11(26)3-4-23-5-10(25(30)31)14(22-23)32-2/h5,12,16H,3-4,6-7H2,1-2H3,(H,19,26)(H,28,29). The van der Waals surface area contributed by atoms with Crippen molar-refractivity contribution in [1.82, 2.24) is 30.2 Å². The molecule has 2 unspecified atom stereocenters. The zero-order valence-corrected chi connectivity index (χ0v) is 20.8. The summed E-state index contributed by atoms with van der Waals surface area (Å²) in [5.41, 5.74) is 0.220. The maximum absolute atomic E-state index is 12.8. The molecule has 1 fully saturated rings. The highest BCUT2D eigenvalue weighted by Crippen LogP contribution is 2.41. The fourth-order valence-electron chi connectivity index (χ4n) is 3.52. The van der Waals surface area contributed by atoms with E-state index in [1.807, 2.05) is 6.92 Å². The molecule has 0 aliphatic carbocycles. The number of aliphatic carboxylic acids is 1. The van der Waals surface area contributed by atoms with Crippen LogP contribution in [0.2, 0.25) is 0 Å². The van der Waals surface area contributed by atoms with E-state index in [2.05, 4.69) is 20.6 Å². The SMILES string of the molecule is COc1nn(CCC(=O)NC2C(=O)N3C(C(=O)O)=C(CSc4nnc(C)s4)CSC23)cc1[N+](=O)[O-]. The predicted molar refractivity (Wildman–Crippen MR) is 125 cm³/mol. The summed E-state index contributed by atoms with van der Waals surface area (Å²) < 4.78 is 6.79. The number of carboxylic acids is 1. The van der Waals surface area contributed by atoms with Crippen molar-refractivity contribution in [2.45, 2.75) is 35.6 Å². The highest BCUT2D eigenvalue weighted by molar-refractivity contribution is 8.01. The van der Waals surface area contributed by atoms with Gasteiger partial charge in [0.1, 0.15) is 28.3 Å². The molecule has 35 heavy (non-hydrogen) atoms. The topological polar surface area (TPSA) is 183 Å². The van der Waals surface area contributed by atoms with E-state index in [0.717, 1.165) is 11.2 Å². The number of hydrogen-bond donors (Lipinski definition) is 2. The Hall–Kier alpha value is -3.18. The summed E-state index contributed by atoms with van der Waals surface area (Å²) >= 11 is 4.15. The van der Waals surface area contributed by atoms with Gasteiger partial charge in [0.2, 0.25) is 5.91 Å². The van der Waals surface area contributed by atoms with Crippen molar-refractivity contribution in [3.05, 3.63) is 32.6 Å². The van der Waals surface area contributed by atoms with Gasteiger partial charge in [-0.1, -0.05) is 23.1 Å². The predicted octanol–water partition coefficient (Wildman–Crippen LogP) is 0.881. The molecule has 186 valence electrons. The minimum Gasteiger partial charge on any atom is -0.477 e. The second kappa shape index (κ2) is 10.2. The number of thioether (sulfide) groups is 2. The van der Waals surface area contributed by atoms with Gasteiger partial charge in [-0.05, 0) is 12.5 Å². The Morgan fingerprint density at radius 2 is 2.20 bits per heavy atom. The molecule has 4 heterocycles. The van der Waals surface area contributed by atoms with Crippen molar-refractivity contribution >= 4 is 58.3 Å². The van der Waals surface area contributed by atoms with Gasteiger partial charge in [0, 0.05) is 17.9 Å². The van der Waals surface area contributed by atoms with E-state index >= 15 is 0 Å². The fraction of sp³-hybridized carbons (Fsp3) is 0.444. The Morgan fingerprint density at radius 3 is 2.80 bits per heavy atom. The van der Waals surface area contributed by atoms with E-state index in [1.165, 1.54) is 51.6 Å². The van der Waals surface area contributed by atoms with Crippen LogP contribution >= 0.6 is 34.9 Å². The molecule has 0 spiro atoms. The largest absolute Gasteiger partial charge is 0.477 e. The lowest BCUT2D eigenvalue weighted by molar-refractivity contribution is -0.385. The van der Waals surface area contributed by atoms with Crippen LogP contribution in [-0.2, 0) is 20.9 Å². The number of carboxylic acid groups (broad SMARTS) is 1. The highest BCUT2D eigenvalue weighted by Gasteiger charge is 2.54. The monoisotopic (exact) mass is 541 g/mol. The third kappa shape index (κ3) is 5.10. The van der Waals surface area contributed by atoms with Crippen LogP contribution in [-0.4, -0.2) is 82.7 Å². The number of ether oxygens (including phenoxy) is 1. The molecule has 2 aliphatic rings. The van der Waals surface area contributed by atoms with Gasteiger partial charge in [0.05, 0.1) is 18.6 Å². The molecule has 0 radical (unpaired) electrons. The maximum Gasteiger partial charge on any atom is 0.352 e. The third-order valence-corrected chi connectivity index (χ3v) is 8.51. The first-order valence-electron chi connectivity index (χ1n) is 10.1. The Morgan fingerprint density at radius 1 is 1.43 bits per heavy atom. The van der Waals surface area contributed by atoms with Crippen LogP contribution in [0, 0.1) is 17.0 Å². The summed E-state index contributed by atoms with van der Waals surface area (Å²) in [6.07, 6.45) is 1.07. The first kappa shape index (κ1) is 24.9. The number of carbonyl (C=O) groups is 3. The number of aromatic nitrogens is 4. The zero-order chi connectivity index (χ0) is 25.3. The number of amides is 2. The second-order valence-corrected chi connectivity index (χ2v) is 10.9. The minimum atomic E-state index is -1.20. The highest BCUT2D eigenvalue weighted by atomic mass is 32.2. The number of β-lactam (4-membered cyclic amide) rings is 1. The molecule has 2 amide bonds. The van der Waals surface area contributed by atoms with Crippen molar-refractivity contribution in [3.63, 3.8) is 0 Å². The third-order valence-electron chi connectivity index (χ3n) is 5.11. The van der Waals surface area contributed by atoms with Crippen molar-refractivity contribution in [3.8, 4) is 5.88 Å². The van der Waals surface area contributed by atoms with Crippen molar-refractivity contribution in [2.24, 2.45) is 0 Å². The van der Waals surface area contributed by atoms with Crippen LogP contribution in [0.4, 0.5) is 5.69 Å². The molecule has 4 rings (SSSR count). The first-order chi connectivity index (χ1) is 16.7. The lowest BCUT2D eigenvalue weighted by Crippen LogP contribution is -2.70. The normalized spacial score (nSPS) is 19.3. The van der Waals surface area contributed by atoms with Crippen LogP contribution in [0.3, 0.4) is 0 Å². The molecule has 17 heteroatoms. The number of aryl methyl sites for hydroxylation is 2. The second-order valence-electron chi connectivity index (χ2n) is 7.38. The molecule has 14 nitrogen and oxygen atoms in total. The van der Waals surface area contributed by atoms with Gasteiger partial charge in [-0.15, -0.1) is 27.1 Å². The molecule has 2 aromatic heterocycles. The number of hydrogen-bond acceptors (Lipinski definition) is 12. The van der Waals surface area contributed by atoms with E-state index in [1.54, 1.807) is 0 Å². The van der Waals surface area contributed by atoms with E-state index in [0.29, 0.717) is 21.4 Å². The van der Waals surface area contributed by atoms with Gasteiger partial charge in [0.15, 0.2) is 4.34 Å². The smallest absolute Gasteiger partial charge is 0.352 e. The van der Waals surface area contributed by atoms with Crippen LogP contribution in [0.25, 0.3) is 0 Å². The minimum absolute atomic E-state index is 0.0329. The van der Waals surface area contributed by atoms with E-state index in [4.69, 9.17) is 4.74 Å². The van der Waals surface area contributed by atoms with Crippen molar-refractivity contribution < 1.29 is 29.2 Å². The molecule has 0 saturated carbocycles. The maximum atomic E-state index is 12.8. The van der Waals surface area contributed by atoms with Crippen molar-refractivity contribution in [2.75, 3.05) is 18.6 Å². The van der Waals surface area contributed by atoms with Crippen LogP contribution in [0.5, 0.6) is 5.88 Å². The average Bonchev–Trinajstić information content (AvgIpc) is 3.44. The lowest BCUT2D eigenvalue weighted by Gasteiger charge is -2.49. The Balaban J connectivity index is 1.36. The van der Waals surface area contributed by atoms with Crippen LogP contribution in [0.1, 0.15) is 11.4 Å². The van der Waals surface area contributed by atoms with E-state index in [-0.39, 0.29) is 30.2 Å². The Kier molecular flexibility index (Phi) is 7.27. The van der Waals surface area contributed by atoms with Gasteiger partial charge in [-0.3, -0.25) is 29.3 Å². The van der Waals surface area contributed by atoms with E-state index < -0.39 is 34.1 Å². The molecule has 2 atom stereocenters. The van der Waals surface area contributed by atoms with E-state index in [9.17, 15) is 29.6 Å². The van der Waals surface area contributed by atoms with Gasteiger partial charge in [-0.2, -0.15) is 0 Å². The summed E-state index contributed by atoms with van der Waals surface area (Å²) in [7, 11) is 1.25. The van der Waals surface area contributed by atoms with Gasteiger partial charge in [0.25, 0.3) is 5.91 Å².